The summed E-state index contributed by atoms with van der Waals surface area (Å²) in [6, 6.07) is -0.970. The lowest BCUT2D eigenvalue weighted by atomic mass is 9.96. The predicted octanol–water partition coefficient (Wildman–Crippen LogP) is 3.59. The minimum Gasteiger partial charge on any atom is -0.394 e. The lowest BCUT2D eigenvalue weighted by molar-refractivity contribution is -0.379. The second-order valence-corrected chi connectivity index (χ2v) is 20.4. The summed E-state index contributed by atoms with van der Waals surface area (Å²) < 4.78 is 34.1. The van der Waals surface area contributed by atoms with Crippen molar-refractivity contribution in [2.75, 3.05) is 26.4 Å². The normalized spacial score (nSPS) is 31.9. The number of hydrogen-bond acceptors (Lipinski definition) is 18. The van der Waals surface area contributed by atoms with Crippen LogP contribution in [-0.2, 0) is 33.2 Å². The SMILES string of the molecule is CCCCCCCC/C=C\CCCCCCCCCC(=O)NC(COC1OC(CO)C(OC2OC(CO)C(OC3OC(CO)C(O)C(O)C3O)C(O)C2O)C(O)C1O)C(O)/C=C/CCCCCCCCCCC. The molecule has 19 nitrogen and oxygen atoms in total. The van der Waals surface area contributed by atoms with E-state index in [1.165, 1.54) is 96.3 Å². The monoisotopic (exact) mass is 1050 g/mol. The number of rotatable bonds is 40. The number of aliphatic hydroxyl groups is 11. The molecule has 1 amide bonds. The van der Waals surface area contributed by atoms with Crippen molar-refractivity contribution in [3.63, 3.8) is 0 Å². The van der Waals surface area contributed by atoms with Crippen molar-refractivity contribution in [1.29, 1.82) is 0 Å². The molecular weight excluding hydrogens is 951 g/mol. The fourth-order valence-electron chi connectivity index (χ4n) is 9.54. The van der Waals surface area contributed by atoms with Crippen LogP contribution >= 0.6 is 0 Å². The third-order valence-corrected chi connectivity index (χ3v) is 14.2. The molecule has 0 radical (unpaired) electrons. The highest BCUT2D eigenvalue weighted by atomic mass is 16.8. The van der Waals surface area contributed by atoms with E-state index in [4.69, 9.17) is 28.4 Å². The molecule has 19 heteroatoms. The Kier molecular flexibility index (Phi) is 34.8. The molecule has 0 aromatic carbocycles. The van der Waals surface area contributed by atoms with E-state index in [1.54, 1.807) is 6.08 Å². The molecule has 73 heavy (non-hydrogen) atoms. The number of nitrogens with one attached hydrogen (secondary N) is 1. The van der Waals surface area contributed by atoms with Crippen molar-refractivity contribution in [2.45, 2.75) is 285 Å². The molecule has 17 atom stereocenters. The van der Waals surface area contributed by atoms with Gasteiger partial charge in [0, 0.05) is 6.42 Å². The molecule has 0 saturated carbocycles. The molecule has 0 bridgehead atoms. The molecule has 3 heterocycles. The fraction of sp³-hybridized carbons (Fsp3) is 0.907. The van der Waals surface area contributed by atoms with E-state index in [1.807, 2.05) is 6.08 Å². The molecule has 3 aliphatic rings. The molecule has 0 aliphatic carbocycles. The quantitative estimate of drug-likeness (QED) is 0.0308. The Hall–Kier alpha value is -1.73. The highest BCUT2D eigenvalue weighted by Gasteiger charge is 2.53. The molecular formula is C54H99NO18. The second kappa shape index (κ2) is 38.8. The molecule has 3 fully saturated rings. The van der Waals surface area contributed by atoms with Gasteiger partial charge in [-0.3, -0.25) is 4.79 Å². The summed E-state index contributed by atoms with van der Waals surface area (Å²) in [6.45, 7) is 1.68. The van der Waals surface area contributed by atoms with E-state index in [-0.39, 0.29) is 18.9 Å². The van der Waals surface area contributed by atoms with Crippen LogP contribution in [-0.4, -0.2) is 193 Å². The number of aliphatic hydroxyl groups excluding tert-OH is 11. The van der Waals surface area contributed by atoms with Crippen molar-refractivity contribution < 1.29 is 89.4 Å². The summed E-state index contributed by atoms with van der Waals surface area (Å²) >= 11 is 0. The molecule has 0 aromatic rings. The smallest absolute Gasteiger partial charge is 0.220 e. The minimum atomic E-state index is -1.98. The third-order valence-electron chi connectivity index (χ3n) is 14.2. The molecule has 0 aromatic heterocycles. The van der Waals surface area contributed by atoms with Crippen molar-refractivity contribution in [3.05, 3.63) is 24.3 Å². The van der Waals surface area contributed by atoms with Crippen LogP contribution in [0.3, 0.4) is 0 Å². The van der Waals surface area contributed by atoms with E-state index < -0.39 is 124 Å². The van der Waals surface area contributed by atoms with Crippen molar-refractivity contribution >= 4 is 5.91 Å². The van der Waals surface area contributed by atoms with E-state index in [0.29, 0.717) is 6.42 Å². The van der Waals surface area contributed by atoms with Gasteiger partial charge in [0.2, 0.25) is 5.91 Å². The zero-order valence-electron chi connectivity index (χ0n) is 44.1. The Morgan fingerprint density at radius 1 is 0.479 bits per heavy atom. The number of hydrogen-bond donors (Lipinski definition) is 12. The number of carbonyl (C=O) groups is 1. The zero-order chi connectivity index (χ0) is 53.4. The molecule has 3 rings (SSSR count). The summed E-state index contributed by atoms with van der Waals surface area (Å²) in [6.07, 6.45) is 10.3. The largest absolute Gasteiger partial charge is 0.394 e. The van der Waals surface area contributed by atoms with Gasteiger partial charge in [-0.1, -0.05) is 154 Å². The van der Waals surface area contributed by atoms with Gasteiger partial charge >= 0.3 is 0 Å². The maximum Gasteiger partial charge on any atom is 0.220 e. The number of carbonyl (C=O) groups excluding carboxylic acids is 1. The van der Waals surface area contributed by atoms with Crippen LogP contribution in [0.2, 0.25) is 0 Å². The van der Waals surface area contributed by atoms with Crippen LogP contribution in [0.4, 0.5) is 0 Å². The zero-order valence-corrected chi connectivity index (χ0v) is 44.1. The Bertz CT molecular complexity index is 1440. The van der Waals surface area contributed by atoms with Crippen LogP contribution < -0.4 is 5.32 Å². The van der Waals surface area contributed by atoms with Crippen molar-refractivity contribution in [3.8, 4) is 0 Å². The predicted molar refractivity (Wildman–Crippen MR) is 273 cm³/mol. The van der Waals surface area contributed by atoms with Crippen LogP contribution in [0.15, 0.2) is 24.3 Å². The van der Waals surface area contributed by atoms with Gasteiger partial charge in [0.05, 0.1) is 38.6 Å². The molecule has 3 saturated heterocycles. The van der Waals surface area contributed by atoms with E-state index in [0.717, 1.165) is 57.8 Å². The van der Waals surface area contributed by atoms with Gasteiger partial charge in [0.15, 0.2) is 18.9 Å². The summed E-state index contributed by atoms with van der Waals surface area (Å²) in [5.41, 5.74) is 0. The maximum atomic E-state index is 13.3. The first kappa shape index (κ1) is 65.6. The highest BCUT2D eigenvalue weighted by Crippen LogP contribution is 2.33. The Labute approximate surface area is 435 Å². The van der Waals surface area contributed by atoms with Gasteiger partial charge < -0.3 is 89.9 Å². The van der Waals surface area contributed by atoms with Gasteiger partial charge in [-0.2, -0.15) is 0 Å². The Morgan fingerprint density at radius 3 is 1.33 bits per heavy atom. The van der Waals surface area contributed by atoms with Crippen LogP contribution in [0.5, 0.6) is 0 Å². The van der Waals surface area contributed by atoms with Gasteiger partial charge in [0.1, 0.15) is 73.2 Å². The van der Waals surface area contributed by atoms with E-state index >= 15 is 0 Å². The Morgan fingerprint density at radius 2 is 0.863 bits per heavy atom. The lowest BCUT2D eigenvalue weighted by Crippen LogP contribution is -2.66. The molecule has 17 unspecified atom stereocenters. The standard InChI is InChI=1S/C54H99NO18/c1-3-5-7-9-11-13-15-16-17-18-19-20-22-24-26-28-30-32-42(60)55-37(38(59)31-29-27-25-23-21-14-12-10-8-6-4-2)36-68-52-48(66)45(63)50(40(34-57)70-52)73-54-49(67)46(64)51(41(35-58)71-54)72-53-47(65)44(62)43(61)39(33-56)69-53/h16-17,29,31,37-41,43-54,56-59,61-67H,3-15,18-28,30,32-36H2,1-2H3,(H,55,60)/b17-16-,31-29+. The van der Waals surface area contributed by atoms with Crippen LogP contribution in [0.1, 0.15) is 181 Å². The first-order valence-corrected chi connectivity index (χ1v) is 28.1. The van der Waals surface area contributed by atoms with Crippen molar-refractivity contribution in [1.82, 2.24) is 5.32 Å². The summed E-state index contributed by atoms with van der Waals surface area (Å²) in [5, 5.41) is 120. The number of ether oxygens (including phenoxy) is 6. The second-order valence-electron chi connectivity index (χ2n) is 20.4. The maximum absolute atomic E-state index is 13.3. The average molecular weight is 1050 g/mol. The van der Waals surface area contributed by atoms with Crippen molar-refractivity contribution in [2.24, 2.45) is 0 Å². The molecule has 3 aliphatic heterocycles. The highest BCUT2D eigenvalue weighted by molar-refractivity contribution is 5.76. The summed E-state index contributed by atoms with van der Waals surface area (Å²) in [7, 11) is 0. The van der Waals surface area contributed by atoms with Gasteiger partial charge in [0.25, 0.3) is 0 Å². The van der Waals surface area contributed by atoms with Crippen LogP contribution in [0.25, 0.3) is 0 Å². The van der Waals surface area contributed by atoms with E-state index in [2.05, 4.69) is 31.3 Å². The topological polar surface area (TPSA) is 307 Å². The number of allylic oxidation sites excluding steroid dienone is 3. The van der Waals surface area contributed by atoms with Gasteiger partial charge in [-0.25, -0.2) is 0 Å². The average Bonchev–Trinajstić information content (AvgIpc) is 3.39. The molecule has 0 spiro atoms. The first-order chi connectivity index (χ1) is 35.3. The fourth-order valence-corrected chi connectivity index (χ4v) is 9.54. The summed E-state index contributed by atoms with van der Waals surface area (Å²) in [4.78, 5) is 13.3. The van der Waals surface area contributed by atoms with E-state index in [9.17, 15) is 61.0 Å². The first-order valence-electron chi connectivity index (χ1n) is 28.1. The molecule has 428 valence electrons. The van der Waals surface area contributed by atoms with Gasteiger partial charge in [-0.15, -0.1) is 0 Å². The third kappa shape index (κ3) is 23.8. The van der Waals surface area contributed by atoms with Crippen LogP contribution in [0, 0.1) is 0 Å². The molecule has 12 N–H and O–H groups in total. The lowest BCUT2D eigenvalue weighted by Gasteiger charge is -2.48. The summed E-state index contributed by atoms with van der Waals surface area (Å²) in [5.74, 6) is -0.283. The van der Waals surface area contributed by atoms with Gasteiger partial charge in [-0.05, 0) is 44.9 Å². The Balaban J connectivity index is 1.52. The number of amides is 1. The number of unbranched alkanes of at least 4 members (excludes halogenated alkanes) is 22. The minimum absolute atomic E-state index is 0.239.